The number of anilines is 1. The fourth-order valence-corrected chi connectivity index (χ4v) is 3.63. The van der Waals surface area contributed by atoms with Gasteiger partial charge in [-0.1, -0.05) is 6.42 Å². The summed E-state index contributed by atoms with van der Waals surface area (Å²) in [7, 11) is 0. The molecule has 3 rings (SSSR count). The lowest BCUT2D eigenvalue weighted by molar-refractivity contribution is 0.0696. The van der Waals surface area contributed by atoms with Gasteiger partial charge in [-0.05, 0) is 61.8 Å². The fourth-order valence-electron chi connectivity index (χ4n) is 3.63. The second kappa shape index (κ2) is 4.30. The molecule has 1 aromatic carbocycles. The molecule has 0 amide bonds. The van der Waals surface area contributed by atoms with Crippen LogP contribution in [-0.2, 0) is 0 Å². The number of hydrogen-bond donors (Lipinski definition) is 2. The molecular weight excluding hydrogens is 226 g/mol. The van der Waals surface area contributed by atoms with Gasteiger partial charge in [0, 0.05) is 11.7 Å². The molecule has 0 aliphatic heterocycles. The highest BCUT2D eigenvalue weighted by atomic mass is 16.4. The van der Waals surface area contributed by atoms with E-state index in [1.165, 1.54) is 25.7 Å². The van der Waals surface area contributed by atoms with Crippen LogP contribution in [0.2, 0.25) is 0 Å². The Hall–Kier alpha value is -1.51. The Morgan fingerprint density at radius 3 is 2.72 bits per heavy atom. The van der Waals surface area contributed by atoms with E-state index in [0.717, 1.165) is 23.1 Å². The van der Waals surface area contributed by atoms with Crippen LogP contribution in [0.1, 0.15) is 41.6 Å². The zero-order chi connectivity index (χ0) is 12.7. The predicted molar refractivity (Wildman–Crippen MR) is 71.0 cm³/mol. The highest BCUT2D eigenvalue weighted by molar-refractivity contribution is 5.89. The van der Waals surface area contributed by atoms with Crippen LogP contribution < -0.4 is 5.32 Å². The minimum atomic E-state index is -0.848. The van der Waals surface area contributed by atoms with Crippen LogP contribution in [0.5, 0.6) is 0 Å². The van der Waals surface area contributed by atoms with Gasteiger partial charge in [-0.25, -0.2) is 4.79 Å². The molecule has 3 unspecified atom stereocenters. The van der Waals surface area contributed by atoms with E-state index < -0.39 is 5.97 Å². The second-order valence-electron chi connectivity index (χ2n) is 5.76. The number of aryl methyl sites for hydroxylation is 1. The van der Waals surface area contributed by atoms with Crippen molar-refractivity contribution >= 4 is 11.7 Å². The van der Waals surface area contributed by atoms with Crippen molar-refractivity contribution in [2.24, 2.45) is 11.8 Å². The first-order valence-corrected chi connectivity index (χ1v) is 6.74. The van der Waals surface area contributed by atoms with Gasteiger partial charge in [-0.15, -0.1) is 0 Å². The number of fused-ring (bicyclic) bond motifs is 2. The van der Waals surface area contributed by atoms with E-state index in [2.05, 4.69) is 5.32 Å². The average molecular weight is 245 g/mol. The summed E-state index contributed by atoms with van der Waals surface area (Å²) >= 11 is 0. The van der Waals surface area contributed by atoms with E-state index in [-0.39, 0.29) is 0 Å². The Morgan fingerprint density at radius 2 is 2.17 bits per heavy atom. The maximum atomic E-state index is 11.0. The van der Waals surface area contributed by atoms with Crippen molar-refractivity contribution in [1.82, 2.24) is 0 Å². The fraction of sp³-hybridized carbons (Fsp3) is 0.533. The van der Waals surface area contributed by atoms with Gasteiger partial charge >= 0.3 is 5.97 Å². The molecular formula is C15H19NO2. The van der Waals surface area contributed by atoms with Gasteiger partial charge in [0.2, 0.25) is 0 Å². The summed E-state index contributed by atoms with van der Waals surface area (Å²) in [5.74, 6) is 0.903. The van der Waals surface area contributed by atoms with E-state index in [1.807, 2.05) is 19.1 Å². The van der Waals surface area contributed by atoms with Crippen molar-refractivity contribution in [2.45, 2.75) is 38.6 Å². The topological polar surface area (TPSA) is 49.3 Å². The third kappa shape index (κ3) is 1.98. The number of nitrogens with one attached hydrogen (secondary N) is 1. The Labute approximate surface area is 107 Å². The van der Waals surface area contributed by atoms with E-state index in [1.54, 1.807) is 6.07 Å². The first-order valence-electron chi connectivity index (χ1n) is 6.74. The van der Waals surface area contributed by atoms with E-state index in [0.29, 0.717) is 11.6 Å². The lowest BCUT2D eigenvalue weighted by atomic mass is 9.95. The van der Waals surface area contributed by atoms with Crippen molar-refractivity contribution < 1.29 is 9.90 Å². The second-order valence-corrected chi connectivity index (χ2v) is 5.76. The summed E-state index contributed by atoms with van der Waals surface area (Å²) < 4.78 is 0. The zero-order valence-electron chi connectivity index (χ0n) is 10.6. The Bertz CT molecular complexity index is 483. The number of carboxylic acids is 1. The first-order chi connectivity index (χ1) is 8.63. The largest absolute Gasteiger partial charge is 0.478 e. The maximum Gasteiger partial charge on any atom is 0.335 e. The van der Waals surface area contributed by atoms with Crippen LogP contribution in [0.4, 0.5) is 5.69 Å². The Balaban J connectivity index is 1.74. The lowest BCUT2D eigenvalue weighted by Gasteiger charge is -2.24. The number of aromatic carboxylic acids is 1. The predicted octanol–water partition coefficient (Wildman–Crippen LogP) is 3.29. The third-order valence-electron chi connectivity index (χ3n) is 4.55. The molecule has 18 heavy (non-hydrogen) atoms. The molecule has 0 aromatic heterocycles. The molecule has 0 radical (unpaired) electrons. The normalized spacial score (nSPS) is 29.5. The van der Waals surface area contributed by atoms with Crippen LogP contribution in [0.25, 0.3) is 0 Å². The van der Waals surface area contributed by atoms with Gasteiger partial charge in [0.15, 0.2) is 0 Å². The van der Waals surface area contributed by atoms with Crippen molar-refractivity contribution in [1.29, 1.82) is 0 Å². The quantitative estimate of drug-likeness (QED) is 0.859. The van der Waals surface area contributed by atoms with Gasteiger partial charge in [0.25, 0.3) is 0 Å². The third-order valence-corrected chi connectivity index (χ3v) is 4.55. The van der Waals surface area contributed by atoms with E-state index in [4.69, 9.17) is 5.11 Å². The molecule has 2 aliphatic rings. The molecule has 3 heteroatoms. The smallest absolute Gasteiger partial charge is 0.335 e. The van der Waals surface area contributed by atoms with Crippen molar-refractivity contribution in [2.75, 3.05) is 5.32 Å². The lowest BCUT2D eigenvalue weighted by Crippen LogP contribution is -2.25. The summed E-state index contributed by atoms with van der Waals surface area (Å²) in [5, 5.41) is 12.6. The number of hydrogen-bond acceptors (Lipinski definition) is 2. The van der Waals surface area contributed by atoms with E-state index >= 15 is 0 Å². The molecule has 0 heterocycles. The van der Waals surface area contributed by atoms with Gasteiger partial charge in [0.1, 0.15) is 0 Å². The van der Waals surface area contributed by atoms with Gasteiger partial charge < -0.3 is 10.4 Å². The molecule has 96 valence electrons. The van der Waals surface area contributed by atoms with Crippen LogP contribution >= 0.6 is 0 Å². The van der Waals surface area contributed by atoms with Crippen LogP contribution in [0.3, 0.4) is 0 Å². The molecule has 2 aliphatic carbocycles. The summed E-state index contributed by atoms with van der Waals surface area (Å²) in [5.41, 5.74) is 2.29. The monoisotopic (exact) mass is 245 g/mol. The minimum absolute atomic E-state index is 0.397. The summed E-state index contributed by atoms with van der Waals surface area (Å²) in [6.07, 6.45) is 5.42. The standard InChI is InChI=1S/C15H19NO2/c1-9-6-12(4-5-13(9)15(17)18)16-14-8-10-2-3-11(14)7-10/h4-6,10-11,14,16H,2-3,7-8H2,1H3,(H,17,18). The van der Waals surface area contributed by atoms with Gasteiger partial charge in [-0.3, -0.25) is 0 Å². The molecule has 3 nitrogen and oxygen atoms in total. The number of carboxylic acid groups (broad SMARTS) is 1. The van der Waals surface area contributed by atoms with Gasteiger partial charge in [-0.2, -0.15) is 0 Å². The number of rotatable bonds is 3. The minimum Gasteiger partial charge on any atom is -0.478 e. The molecule has 2 saturated carbocycles. The van der Waals surface area contributed by atoms with Crippen LogP contribution in [-0.4, -0.2) is 17.1 Å². The van der Waals surface area contributed by atoms with Crippen LogP contribution in [0, 0.1) is 18.8 Å². The van der Waals surface area contributed by atoms with Crippen molar-refractivity contribution in [3.05, 3.63) is 29.3 Å². The molecule has 0 saturated heterocycles. The molecule has 2 fully saturated rings. The Morgan fingerprint density at radius 1 is 1.33 bits per heavy atom. The zero-order valence-corrected chi connectivity index (χ0v) is 10.6. The highest BCUT2D eigenvalue weighted by Crippen LogP contribution is 2.45. The average Bonchev–Trinajstić information content (AvgIpc) is 2.90. The summed E-state index contributed by atoms with van der Waals surface area (Å²) in [6.45, 7) is 1.86. The summed E-state index contributed by atoms with van der Waals surface area (Å²) in [6, 6.07) is 6.14. The molecule has 2 bridgehead atoms. The molecule has 2 N–H and O–H groups in total. The number of benzene rings is 1. The van der Waals surface area contributed by atoms with Crippen molar-refractivity contribution in [3.63, 3.8) is 0 Å². The van der Waals surface area contributed by atoms with E-state index in [9.17, 15) is 4.79 Å². The maximum absolute atomic E-state index is 11.0. The number of carbonyl (C=O) groups is 1. The molecule has 0 spiro atoms. The first kappa shape index (κ1) is 11.6. The Kier molecular flexibility index (Phi) is 2.77. The molecule has 1 aromatic rings. The molecule has 3 atom stereocenters. The highest BCUT2D eigenvalue weighted by Gasteiger charge is 2.39. The SMILES string of the molecule is Cc1cc(NC2CC3CCC2C3)ccc1C(=O)O. The summed E-state index contributed by atoms with van der Waals surface area (Å²) in [4.78, 5) is 11.0. The van der Waals surface area contributed by atoms with Crippen LogP contribution in [0.15, 0.2) is 18.2 Å². The van der Waals surface area contributed by atoms with Gasteiger partial charge in [0.05, 0.1) is 5.56 Å². The van der Waals surface area contributed by atoms with Crippen molar-refractivity contribution in [3.8, 4) is 0 Å².